The van der Waals surface area contributed by atoms with Gasteiger partial charge in [0.25, 0.3) is 0 Å². The summed E-state index contributed by atoms with van der Waals surface area (Å²) in [6, 6.07) is 0. The van der Waals surface area contributed by atoms with Crippen molar-refractivity contribution in [2.24, 2.45) is 11.8 Å². The second-order valence-electron chi connectivity index (χ2n) is 5.55. The summed E-state index contributed by atoms with van der Waals surface area (Å²) in [5.41, 5.74) is 1.58. The zero-order chi connectivity index (χ0) is 12.5. The highest BCUT2D eigenvalue weighted by Gasteiger charge is 2.17. The number of ether oxygens (including phenoxy) is 1. The molecule has 0 aliphatic heterocycles. The zero-order valence-electron chi connectivity index (χ0n) is 11.8. The number of nitrogens with one attached hydrogen (secondary N) is 1. The highest BCUT2D eigenvalue weighted by atomic mass is 16.5. The van der Waals surface area contributed by atoms with Gasteiger partial charge >= 0.3 is 0 Å². The average molecular weight is 239 g/mol. The van der Waals surface area contributed by atoms with E-state index in [9.17, 15) is 0 Å². The Hall–Kier alpha value is -0.340. The minimum Gasteiger partial charge on any atom is -0.385 e. The molecule has 0 amide bonds. The molecule has 0 saturated heterocycles. The van der Waals surface area contributed by atoms with Crippen molar-refractivity contribution >= 4 is 0 Å². The van der Waals surface area contributed by atoms with Gasteiger partial charge in [0.05, 0.1) is 0 Å². The van der Waals surface area contributed by atoms with Gasteiger partial charge in [-0.05, 0) is 64.0 Å². The lowest BCUT2D eigenvalue weighted by atomic mass is 9.84. The van der Waals surface area contributed by atoms with Crippen LogP contribution in [0.2, 0.25) is 0 Å². The van der Waals surface area contributed by atoms with Crippen LogP contribution >= 0.6 is 0 Å². The predicted octanol–water partition coefficient (Wildman–Crippen LogP) is 3.39. The molecule has 1 rings (SSSR count). The maximum atomic E-state index is 5.04. The minimum absolute atomic E-state index is 0.775. The van der Waals surface area contributed by atoms with Crippen molar-refractivity contribution in [3.8, 4) is 0 Å². The quantitative estimate of drug-likeness (QED) is 0.518. The van der Waals surface area contributed by atoms with Crippen LogP contribution in [0.1, 0.15) is 46.0 Å². The number of hydrogen-bond donors (Lipinski definition) is 1. The van der Waals surface area contributed by atoms with E-state index in [1.807, 2.05) is 0 Å². The van der Waals surface area contributed by atoms with Crippen LogP contribution < -0.4 is 5.32 Å². The summed E-state index contributed by atoms with van der Waals surface area (Å²) in [6.07, 6.45) is 8.83. The first-order chi connectivity index (χ1) is 8.22. The Balaban J connectivity index is 1.98. The van der Waals surface area contributed by atoms with Crippen molar-refractivity contribution in [2.45, 2.75) is 46.0 Å². The molecule has 2 heteroatoms. The summed E-state index contributed by atoms with van der Waals surface area (Å²) in [5, 5.41) is 3.61. The molecule has 0 saturated carbocycles. The first-order valence-electron chi connectivity index (χ1n) is 7.09. The van der Waals surface area contributed by atoms with Crippen LogP contribution in [0.5, 0.6) is 0 Å². The molecular weight excluding hydrogens is 210 g/mol. The van der Waals surface area contributed by atoms with Crippen molar-refractivity contribution in [1.29, 1.82) is 0 Å². The number of hydrogen-bond acceptors (Lipinski definition) is 2. The summed E-state index contributed by atoms with van der Waals surface area (Å²) in [4.78, 5) is 0. The smallest absolute Gasteiger partial charge is 0.0462 e. The van der Waals surface area contributed by atoms with Gasteiger partial charge in [0.1, 0.15) is 0 Å². The molecule has 2 unspecified atom stereocenters. The van der Waals surface area contributed by atoms with Gasteiger partial charge in [-0.1, -0.05) is 18.6 Å². The van der Waals surface area contributed by atoms with Gasteiger partial charge in [-0.3, -0.25) is 0 Å². The second-order valence-corrected chi connectivity index (χ2v) is 5.55. The van der Waals surface area contributed by atoms with E-state index in [0.717, 1.165) is 25.0 Å². The molecule has 1 aliphatic carbocycles. The molecule has 0 aromatic carbocycles. The molecule has 17 heavy (non-hydrogen) atoms. The summed E-state index contributed by atoms with van der Waals surface area (Å²) in [5.74, 6) is 1.63. The van der Waals surface area contributed by atoms with E-state index < -0.39 is 0 Å². The molecule has 0 spiro atoms. The van der Waals surface area contributed by atoms with Crippen LogP contribution in [0, 0.1) is 11.8 Å². The lowest BCUT2D eigenvalue weighted by molar-refractivity contribution is 0.192. The van der Waals surface area contributed by atoms with Crippen molar-refractivity contribution in [1.82, 2.24) is 5.32 Å². The molecule has 0 aromatic heterocycles. The fourth-order valence-corrected chi connectivity index (χ4v) is 2.82. The second kappa shape index (κ2) is 8.71. The maximum absolute atomic E-state index is 5.04. The average Bonchev–Trinajstić information content (AvgIpc) is 2.26. The fraction of sp³-hybridized carbons (Fsp3) is 0.867. The third-order valence-electron chi connectivity index (χ3n) is 3.52. The molecule has 0 radical (unpaired) electrons. The van der Waals surface area contributed by atoms with E-state index in [1.165, 1.54) is 38.6 Å². The van der Waals surface area contributed by atoms with E-state index >= 15 is 0 Å². The lowest BCUT2D eigenvalue weighted by Gasteiger charge is -2.25. The molecule has 1 aliphatic rings. The molecule has 0 heterocycles. The van der Waals surface area contributed by atoms with Crippen molar-refractivity contribution < 1.29 is 4.74 Å². The Morgan fingerprint density at radius 2 is 2.18 bits per heavy atom. The van der Waals surface area contributed by atoms with Gasteiger partial charge in [0.15, 0.2) is 0 Å². The summed E-state index contributed by atoms with van der Waals surface area (Å²) >= 11 is 0. The zero-order valence-corrected chi connectivity index (χ0v) is 11.8. The van der Waals surface area contributed by atoms with Gasteiger partial charge in [-0.15, -0.1) is 0 Å². The van der Waals surface area contributed by atoms with Crippen molar-refractivity contribution in [3.63, 3.8) is 0 Å². The van der Waals surface area contributed by atoms with E-state index in [4.69, 9.17) is 4.74 Å². The molecular formula is C15H29NO. The Morgan fingerprint density at radius 3 is 2.88 bits per heavy atom. The minimum atomic E-state index is 0.775. The molecule has 1 N–H and O–H groups in total. The highest BCUT2D eigenvalue weighted by molar-refractivity contribution is 5.06. The van der Waals surface area contributed by atoms with E-state index in [0.29, 0.717) is 0 Å². The SMILES string of the molecule is COCCCCCNCC1CC(C)=CC(C)C1. The molecule has 0 fully saturated rings. The van der Waals surface area contributed by atoms with Gasteiger partial charge in [0.2, 0.25) is 0 Å². The standard InChI is InChI=1S/C15H29NO/c1-13-9-14(2)11-15(10-13)12-16-7-5-4-6-8-17-3/h9,13,15-16H,4-8,10-12H2,1-3H3. The number of unbranched alkanes of at least 4 members (excludes halogenated alkanes) is 2. The Morgan fingerprint density at radius 1 is 1.35 bits per heavy atom. The van der Waals surface area contributed by atoms with Gasteiger partial charge < -0.3 is 10.1 Å². The van der Waals surface area contributed by atoms with Crippen LogP contribution in [-0.4, -0.2) is 26.8 Å². The third kappa shape index (κ3) is 6.85. The molecule has 2 atom stereocenters. The number of methoxy groups -OCH3 is 1. The first kappa shape index (κ1) is 14.7. The van der Waals surface area contributed by atoms with Crippen LogP contribution in [0.15, 0.2) is 11.6 Å². The molecule has 0 bridgehead atoms. The van der Waals surface area contributed by atoms with Crippen LogP contribution in [-0.2, 0) is 4.74 Å². The lowest BCUT2D eigenvalue weighted by Crippen LogP contribution is -2.26. The maximum Gasteiger partial charge on any atom is 0.0462 e. The van der Waals surface area contributed by atoms with Crippen LogP contribution in [0.3, 0.4) is 0 Å². The van der Waals surface area contributed by atoms with Gasteiger partial charge in [-0.25, -0.2) is 0 Å². The van der Waals surface area contributed by atoms with E-state index in [-0.39, 0.29) is 0 Å². The Kier molecular flexibility index (Phi) is 7.54. The number of rotatable bonds is 8. The van der Waals surface area contributed by atoms with E-state index in [1.54, 1.807) is 12.7 Å². The Labute approximate surface area is 107 Å². The third-order valence-corrected chi connectivity index (χ3v) is 3.52. The van der Waals surface area contributed by atoms with Crippen molar-refractivity contribution in [3.05, 3.63) is 11.6 Å². The molecule has 0 aromatic rings. The molecule has 2 nitrogen and oxygen atoms in total. The van der Waals surface area contributed by atoms with Crippen molar-refractivity contribution in [2.75, 3.05) is 26.8 Å². The topological polar surface area (TPSA) is 21.3 Å². The summed E-state index contributed by atoms with van der Waals surface area (Å²) in [6.45, 7) is 7.87. The van der Waals surface area contributed by atoms with Crippen LogP contribution in [0.4, 0.5) is 0 Å². The predicted molar refractivity (Wildman–Crippen MR) is 74.2 cm³/mol. The largest absolute Gasteiger partial charge is 0.385 e. The normalized spacial score (nSPS) is 24.8. The fourth-order valence-electron chi connectivity index (χ4n) is 2.82. The number of allylic oxidation sites excluding steroid dienone is 2. The monoisotopic (exact) mass is 239 g/mol. The van der Waals surface area contributed by atoms with Gasteiger partial charge in [-0.2, -0.15) is 0 Å². The molecule has 100 valence electrons. The van der Waals surface area contributed by atoms with Crippen LogP contribution in [0.25, 0.3) is 0 Å². The summed E-state index contributed by atoms with van der Waals surface area (Å²) < 4.78 is 5.04. The highest BCUT2D eigenvalue weighted by Crippen LogP contribution is 2.27. The summed E-state index contributed by atoms with van der Waals surface area (Å²) in [7, 11) is 1.78. The van der Waals surface area contributed by atoms with E-state index in [2.05, 4.69) is 25.2 Å². The Bertz CT molecular complexity index is 225. The van der Waals surface area contributed by atoms with Gasteiger partial charge in [0, 0.05) is 13.7 Å². The first-order valence-corrected chi connectivity index (χ1v) is 7.09.